The highest BCUT2D eigenvalue weighted by atomic mass is 35.5. The first kappa shape index (κ1) is 23.7. The van der Waals surface area contributed by atoms with Crippen molar-refractivity contribution < 1.29 is 19.1 Å². The number of amides is 1. The lowest BCUT2D eigenvalue weighted by atomic mass is 10.1. The van der Waals surface area contributed by atoms with Crippen molar-refractivity contribution >= 4 is 61.5 Å². The first-order chi connectivity index (χ1) is 16.4. The van der Waals surface area contributed by atoms with Gasteiger partial charge in [-0.2, -0.15) is 4.98 Å². The second kappa shape index (κ2) is 9.78. The Morgan fingerprint density at radius 1 is 1.15 bits per heavy atom. The number of methoxy groups -OCH3 is 1. The van der Waals surface area contributed by atoms with Gasteiger partial charge < -0.3 is 20.1 Å². The molecule has 0 bridgehead atoms. The highest BCUT2D eigenvalue weighted by Crippen LogP contribution is 2.41. The average molecular weight is 500 g/mol. The average Bonchev–Trinajstić information content (AvgIpc) is 3.15. The minimum absolute atomic E-state index is 0.0276. The van der Waals surface area contributed by atoms with Gasteiger partial charge in [-0.3, -0.25) is 4.79 Å². The molecule has 2 N–H and O–H groups in total. The van der Waals surface area contributed by atoms with Gasteiger partial charge in [0.2, 0.25) is 17.6 Å². The number of ether oxygens (including phenoxy) is 2. The van der Waals surface area contributed by atoms with Gasteiger partial charge in [0.1, 0.15) is 10.0 Å². The monoisotopic (exact) mass is 499 g/mol. The SMILES string of the molecule is CC.COC(=O)c1nc(Cl)cc(Oc2ccc3c(ccc4sc5c(c43)NC[C@@H](C)NC5=O)n2)n1. The molecule has 0 fully saturated rings. The van der Waals surface area contributed by atoms with Crippen LogP contribution in [0.25, 0.3) is 21.0 Å². The van der Waals surface area contributed by atoms with Gasteiger partial charge in [-0.25, -0.2) is 14.8 Å². The largest absolute Gasteiger partial charge is 0.463 e. The van der Waals surface area contributed by atoms with Gasteiger partial charge in [0.05, 0.1) is 18.3 Å². The van der Waals surface area contributed by atoms with Gasteiger partial charge in [-0.1, -0.05) is 25.4 Å². The molecular formula is C23H22ClN5O4S. The molecule has 9 nitrogen and oxygen atoms in total. The molecule has 0 unspecified atom stereocenters. The summed E-state index contributed by atoms with van der Waals surface area (Å²) in [7, 11) is 1.23. The fraction of sp³-hybridized carbons (Fsp3) is 0.261. The van der Waals surface area contributed by atoms with Crippen molar-refractivity contribution in [1.29, 1.82) is 0 Å². The molecule has 11 heteroatoms. The molecule has 1 aliphatic heterocycles. The molecule has 3 aromatic heterocycles. The highest BCUT2D eigenvalue weighted by Gasteiger charge is 2.25. The van der Waals surface area contributed by atoms with Crippen LogP contribution in [-0.2, 0) is 4.74 Å². The normalized spacial score (nSPS) is 14.9. The van der Waals surface area contributed by atoms with Crippen molar-refractivity contribution in [3.05, 3.63) is 46.2 Å². The topological polar surface area (TPSA) is 115 Å². The molecule has 1 aliphatic rings. The molecule has 0 saturated carbocycles. The molecule has 5 rings (SSSR count). The Bertz CT molecular complexity index is 1410. The number of anilines is 1. The lowest BCUT2D eigenvalue weighted by Gasteiger charge is -2.10. The molecule has 34 heavy (non-hydrogen) atoms. The van der Waals surface area contributed by atoms with E-state index in [0.717, 1.165) is 21.2 Å². The van der Waals surface area contributed by atoms with E-state index in [1.165, 1.54) is 24.5 Å². The Hall–Kier alpha value is -3.50. The number of thiophene rings is 1. The second-order valence-corrected chi connectivity index (χ2v) is 8.60. The van der Waals surface area contributed by atoms with E-state index in [9.17, 15) is 9.59 Å². The van der Waals surface area contributed by atoms with Crippen molar-refractivity contribution in [1.82, 2.24) is 20.3 Å². The van der Waals surface area contributed by atoms with Crippen molar-refractivity contribution in [3.63, 3.8) is 0 Å². The summed E-state index contributed by atoms with van der Waals surface area (Å²) in [5.41, 5.74) is 1.50. The zero-order valence-electron chi connectivity index (χ0n) is 18.9. The third kappa shape index (κ3) is 4.46. The van der Waals surface area contributed by atoms with E-state index < -0.39 is 5.97 Å². The van der Waals surface area contributed by atoms with Gasteiger partial charge in [0.15, 0.2) is 0 Å². The number of nitrogens with one attached hydrogen (secondary N) is 2. The van der Waals surface area contributed by atoms with E-state index in [2.05, 4.69) is 30.3 Å². The smallest absolute Gasteiger partial charge is 0.376 e. The molecule has 1 atom stereocenters. The maximum atomic E-state index is 12.6. The van der Waals surface area contributed by atoms with Gasteiger partial charge in [0, 0.05) is 40.2 Å². The third-order valence-electron chi connectivity index (χ3n) is 4.91. The van der Waals surface area contributed by atoms with Gasteiger partial charge in [-0.15, -0.1) is 11.3 Å². The number of hydrogen-bond acceptors (Lipinski definition) is 9. The number of nitrogens with zero attached hydrogens (tertiary/aromatic N) is 3. The molecule has 176 valence electrons. The maximum Gasteiger partial charge on any atom is 0.376 e. The molecule has 0 saturated heterocycles. The summed E-state index contributed by atoms with van der Waals surface area (Å²) < 4.78 is 11.3. The van der Waals surface area contributed by atoms with E-state index in [1.807, 2.05) is 39.0 Å². The third-order valence-corrected chi connectivity index (χ3v) is 6.26. The Morgan fingerprint density at radius 3 is 2.71 bits per heavy atom. The molecular weight excluding hydrogens is 478 g/mol. The number of pyridine rings is 1. The standard InChI is InChI=1S/C21H16ClN5O4S.C2H6/c1-9-8-23-17-16-10-3-6-14(31-15-7-13(22)26-19(27-15)21(29)30-2)25-11(10)4-5-12(16)32-18(17)20(28)24-9;1-2/h3-7,9,23H,8H2,1-2H3,(H,24,28);1-2H3/t9-;/m1./s1. The van der Waals surface area contributed by atoms with Crippen LogP contribution < -0.4 is 15.4 Å². The van der Waals surface area contributed by atoms with Crippen LogP contribution in [-0.4, -0.2) is 46.5 Å². The Labute approximate surface area is 204 Å². The molecule has 1 amide bonds. The van der Waals surface area contributed by atoms with Crippen molar-refractivity contribution in [3.8, 4) is 11.8 Å². The lowest BCUT2D eigenvalue weighted by molar-refractivity contribution is 0.0585. The van der Waals surface area contributed by atoms with Gasteiger partial charge in [-0.05, 0) is 25.1 Å². The predicted molar refractivity (Wildman–Crippen MR) is 132 cm³/mol. The van der Waals surface area contributed by atoms with E-state index in [0.29, 0.717) is 16.9 Å². The Balaban J connectivity index is 0.00000133. The van der Waals surface area contributed by atoms with Crippen molar-refractivity contribution in [2.45, 2.75) is 26.8 Å². The summed E-state index contributed by atoms with van der Waals surface area (Å²) in [5, 5.41) is 8.25. The van der Waals surface area contributed by atoms with Crippen molar-refractivity contribution in [2.75, 3.05) is 19.0 Å². The van der Waals surface area contributed by atoms with Crippen LogP contribution in [0.4, 0.5) is 5.69 Å². The fourth-order valence-corrected chi connectivity index (χ4v) is 4.77. The Kier molecular flexibility index (Phi) is 6.80. The summed E-state index contributed by atoms with van der Waals surface area (Å²) in [6, 6.07) is 8.78. The molecule has 0 aliphatic carbocycles. The molecule has 4 aromatic rings. The highest BCUT2D eigenvalue weighted by molar-refractivity contribution is 7.21. The van der Waals surface area contributed by atoms with Crippen molar-refractivity contribution in [2.24, 2.45) is 0 Å². The lowest BCUT2D eigenvalue weighted by Crippen LogP contribution is -2.34. The molecule has 0 spiro atoms. The van der Waals surface area contributed by atoms with Gasteiger partial charge in [0.25, 0.3) is 5.91 Å². The van der Waals surface area contributed by atoms with Crippen LogP contribution in [0.1, 0.15) is 41.1 Å². The number of fused-ring (bicyclic) bond motifs is 5. The number of hydrogen-bond donors (Lipinski definition) is 2. The number of rotatable bonds is 3. The summed E-state index contributed by atoms with van der Waals surface area (Å²) in [5.74, 6) is -0.688. The van der Waals surface area contributed by atoms with E-state index >= 15 is 0 Å². The number of carbonyl (C=O) groups is 2. The van der Waals surface area contributed by atoms with Crippen LogP contribution in [0.5, 0.6) is 11.8 Å². The summed E-state index contributed by atoms with van der Waals surface area (Å²) in [6.45, 7) is 6.59. The first-order valence-electron chi connectivity index (χ1n) is 10.6. The Morgan fingerprint density at radius 2 is 1.94 bits per heavy atom. The van der Waals surface area contributed by atoms with E-state index in [-0.39, 0.29) is 34.7 Å². The van der Waals surface area contributed by atoms with Gasteiger partial charge >= 0.3 is 5.97 Å². The minimum Gasteiger partial charge on any atom is -0.463 e. The zero-order valence-corrected chi connectivity index (χ0v) is 20.5. The number of esters is 1. The molecule has 4 heterocycles. The van der Waals surface area contributed by atoms with Crippen LogP contribution in [0.15, 0.2) is 30.3 Å². The summed E-state index contributed by atoms with van der Waals surface area (Å²) in [6.07, 6.45) is 0. The minimum atomic E-state index is -0.727. The second-order valence-electron chi connectivity index (χ2n) is 7.16. The van der Waals surface area contributed by atoms with E-state index in [1.54, 1.807) is 6.07 Å². The number of carbonyl (C=O) groups excluding carboxylic acids is 2. The summed E-state index contributed by atoms with van der Waals surface area (Å²) >= 11 is 7.41. The zero-order chi connectivity index (χ0) is 24.4. The van der Waals surface area contributed by atoms with Crippen LogP contribution in [0.2, 0.25) is 5.15 Å². The fourth-order valence-electron chi connectivity index (χ4n) is 3.50. The van der Waals surface area contributed by atoms with Crippen LogP contribution in [0, 0.1) is 0 Å². The number of aromatic nitrogens is 3. The molecule has 0 radical (unpaired) electrons. The molecule has 1 aromatic carbocycles. The van der Waals surface area contributed by atoms with E-state index in [4.69, 9.17) is 16.3 Å². The maximum absolute atomic E-state index is 12.6. The van der Waals surface area contributed by atoms with Crippen LogP contribution >= 0.6 is 22.9 Å². The van der Waals surface area contributed by atoms with Crippen LogP contribution in [0.3, 0.4) is 0 Å². The first-order valence-corrected chi connectivity index (χ1v) is 11.8. The summed E-state index contributed by atoms with van der Waals surface area (Å²) in [4.78, 5) is 37.4. The predicted octanol–water partition coefficient (Wildman–Crippen LogP) is 5.04. The number of halogens is 1. The quantitative estimate of drug-likeness (QED) is 0.297. The number of benzene rings is 1.